The van der Waals surface area contributed by atoms with Crippen LogP contribution in [0, 0.1) is 5.92 Å². The second-order valence-electron chi connectivity index (χ2n) is 6.06. The Bertz CT molecular complexity index is 639. The van der Waals surface area contributed by atoms with Crippen LogP contribution in [0.2, 0.25) is 0 Å². The highest BCUT2D eigenvalue weighted by molar-refractivity contribution is 7.17. The van der Waals surface area contributed by atoms with Gasteiger partial charge in [0.05, 0.1) is 5.92 Å². The van der Waals surface area contributed by atoms with E-state index in [1.807, 2.05) is 36.0 Å². The topological polar surface area (TPSA) is 63.1 Å². The molecule has 0 aliphatic carbocycles. The van der Waals surface area contributed by atoms with E-state index in [0.717, 1.165) is 42.6 Å². The molecule has 2 atom stereocenters. The van der Waals surface area contributed by atoms with Gasteiger partial charge in [0.25, 0.3) is 0 Å². The predicted molar refractivity (Wildman–Crippen MR) is 92.1 cm³/mol. The number of rotatable bonds is 5. The van der Waals surface area contributed by atoms with Crippen molar-refractivity contribution >= 4 is 22.4 Å². The van der Waals surface area contributed by atoms with Gasteiger partial charge in [-0.05, 0) is 38.3 Å². The molecule has 0 bridgehead atoms. The van der Waals surface area contributed by atoms with E-state index in [-0.39, 0.29) is 17.9 Å². The SMILES string of the molecule is CC[C@@H](C)NC(=O)[C@@H]1CCCN(c2nnc(-n3cccc3)s2)C1. The first-order valence-corrected chi connectivity index (χ1v) is 9.01. The van der Waals surface area contributed by atoms with Crippen LogP contribution in [0.25, 0.3) is 5.13 Å². The van der Waals surface area contributed by atoms with Crippen LogP contribution in [0.3, 0.4) is 0 Å². The van der Waals surface area contributed by atoms with Gasteiger partial charge in [-0.15, -0.1) is 10.2 Å². The Morgan fingerprint density at radius 1 is 1.39 bits per heavy atom. The summed E-state index contributed by atoms with van der Waals surface area (Å²) in [6.45, 7) is 5.80. The predicted octanol–water partition coefficient (Wildman–Crippen LogP) is 2.46. The second kappa shape index (κ2) is 7.12. The Kier molecular flexibility index (Phi) is 4.95. The third-order valence-corrected chi connectivity index (χ3v) is 5.29. The van der Waals surface area contributed by atoms with Gasteiger partial charge in [0.2, 0.25) is 16.2 Å². The Morgan fingerprint density at radius 3 is 2.87 bits per heavy atom. The quantitative estimate of drug-likeness (QED) is 0.913. The highest BCUT2D eigenvalue weighted by Crippen LogP contribution is 2.27. The normalized spacial score (nSPS) is 19.6. The maximum Gasteiger partial charge on any atom is 0.225 e. The first kappa shape index (κ1) is 16.0. The average molecular weight is 333 g/mol. The van der Waals surface area contributed by atoms with Crippen LogP contribution in [0.15, 0.2) is 24.5 Å². The Morgan fingerprint density at radius 2 is 2.13 bits per heavy atom. The molecule has 3 heterocycles. The smallest absolute Gasteiger partial charge is 0.225 e. The highest BCUT2D eigenvalue weighted by Gasteiger charge is 2.28. The largest absolute Gasteiger partial charge is 0.353 e. The molecule has 3 rings (SSSR count). The van der Waals surface area contributed by atoms with E-state index in [9.17, 15) is 4.79 Å². The third kappa shape index (κ3) is 3.72. The number of hydrogen-bond donors (Lipinski definition) is 1. The number of aromatic nitrogens is 3. The molecule has 6 nitrogen and oxygen atoms in total. The van der Waals surface area contributed by atoms with Gasteiger partial charge < -0.3 is 10.2 Å². The number of anilines is 1. The van der Waals surface area contributed by atoms with Gasteiger partial charge in [0.15, 0.2) is 0 Å². The fourth-order valence-electron chi connectivity index (χ4n) is 2.73. The molecular weight excluding hydrogens is 310 g/mol. The van der Waals surface area contributed by atoms with Crippen LogP contribution in [-0.2, 0) is 4.79 Å². The molecule has 1 aliphatic rings. The van der Waals surface area contributed by atoms with E-state index >= 15 is 0 Å². The lowest BCUT2D eigenvalue weighted by Crippen LogP contribution is -2.45. The summed E-state index contributed by atoms with van der Waals surface area (Å²) >= 11 is 1.56. The summed E-state index contributed by atoms with van der Waals surface area (Å²) in [6.07, 6.45) is 6.84. The molecule has 0 unspecified atom stereocenters. The summed E-state index contributed by atoms with van der Waals surface area (Å²) in [7, 11) is 0. The molecule has 0 aromatic carbocycles. The van der Waals surface area contributed by atoms with Crippen molar-refractivity contribution in [1.29, 1.82) is 0 Å². The molecule has 1 saturated heterocycles. The monoisotopic (exact) mass is 333 g/mol. The van der Waals surface area contributed by atoms with Crippen molar-refractivity contribution in [1.82, 2.24) is 20.1 Å². The number of nitrogens with one attached hydrogen (secondary N) is 1. The van der Waals surface area contributed by atoms with E-state index in [1.165, 1.54) is 0 Å². The lowest BCUT2D eigenvalue weighted by Gasteiger charge is -2.32. The summed E-state index contributed by atoms with van der Waals surface area (Å²) in [4.78, 5) is 14.6. The summed E-state index contributed by atoms with van der Waals surface area (Å²) in [5, 5.41) is 13.4. The molecule has 1 fully saturated rings. The van der Waals surface area contributed by atoms with Crippen LogP contribution >= 0.6 is 11.3 Å². The van der Waals surface area contributed by atoms with Gasteiger partial charge in [-0.25, -0.2) is 0 Å². The van der Waals surface area contributed by atoms with Crippen molar-refractivity contribution in [3.05, 3.63) is 24.5 Å². The van der Waals surface area contributed by atoms with Gasteiger partial charge >= 0.3 is 0 Å². The fourth-order valence-corrected chi connectivity index (χ4v) is 3.58. The summed E-state index contributed by atoms with van der Waals surface area (Å²) in [5.41, 5.74) is 0. The van der Waals surface area contributed by atoms with Gasteiger partial charge in [-0.3, -0.25) is 9.36 Å². The molecule has 0 spiro atoms. The maximum atomic E-state index is 12.4. The number of carbonyl (C=O) groups is 1. The zero-order chi connectivity index (χ0) is 16.2. The first-order valence-electron chi connectivity index (χ1n) is 8.19. The van der Waals surface area contributed by atoms with Gasteiger partial charge in [-0.2, -0.15) is 0 Å². The molecule has 23 heavy (non-hydrogen) atoms. The molecule has 0 radical (unpaired) electrons. The number of carbonyl (C=O) groups excluding carboxylic acids is 1. The van der Waals surface area contributed by atoms with Gasteiger partial charge in [0, 0.05) is 31.5 Å². The molecule has 1 aliphatic heterocycles. The van der Waals surface area contributed by atoms with E-state index in [0.29, 0.717) is 0 Å². The number of nitrogens with zero attached hydrogens (tertiary/aromatic N) is 4. The number of piperidine rings is 1. The van der Waals surface area contributed by atoms with Crippen LogP contribution in [0.4, 0.5) is 5.13 Å². The minimum Gasteiger partial charge on any atom is -0.353 e. The fraction of sp³-hybridized carbons (Fsp3) is 0.562. The zero-order valence-corrected chi connectivity index (χ0v) is 14.4. The Labute approximate surface area is 140 Å². The Balaban J connectivity index is 1.65. The zero-order valence-electron chi connectivity index (χ0n) is 13.6. The van der Waals surface area contributed by atoms with Crippen molar-refractivity contribution in [2.75, 3.05) is 18.0 Å². The molecule has 1 amide bonds. The Hall–Kier alpha value is -1.89. The number of amides is 1. The lowest BCUT2D eigenvalue weighted by atomic mass is 9.97. The van der Waals surface area contributed by atoms with Crippen molar-refractivity contribution in [2.45, 2.75) is 39.2 Å². The van der Waals surface area contributed by atoms with Gasteiger partial charge in [-0.1, -0.05) is 18.3 Å². The molecular formula is C16H23N5OS. The third-order valence-electron chi connectivity index (χ3n) is 4.29. The summed E-state index contributed by atoms with van der Waals surface area (Å²) < 4.78 is 1.96. The van der Waals surface area contributed by atoms with Crippen molar-refractivity contribution in [3.8, 4) is 5.13 Å². The van der Waals surface area contributed by atoms with Crippen LogP contribution in [0.1, 0.15) is 33.1 Å². The lowest BCUT2D eigenvalue weighted by molar-refractivity contribution is -0.125. The van der Waals surface area contributed by atoms with Gasteiger partial charge in [0.1, 0.15) is 0 Å². The first-order chi connectivity index (χ1) is 11.2. The van der Waals surface area contributed by atoms with Crippen LogP contribution in [-0.4, -0.2) is 39.8 Å². The minimum absolute atomic E-state index is 0.0386. The summed E-state index contributed by atoms with van der Waals surface area (Å²) in [6, 6.07) is 4.17. The second-order valence-corrected chi connectivity index (χ2v) is 6.99. The van der Waals surface area contributed by atoms with E-state index in [4.69, 9.17) is 0 Å². The average Bonchev–Trinajstić information content (AvgIpc) is 3.25. The molecule has 2 aromatic heterocycles. The van der Waals surface area contributed by atoms with Crippen molar-refractivity contribution < 1.29 is 4.79 Å². The van der Waals surface area contributed by atoms with Crippen molar-refractivity contribution in [2.24, 2.45) is 5.92 Å². The standard InChI is InChI=1S/C16H23N5OS/c1-3-12(2)17-14(22)13-7-6-10-21(11-13)16-19-18-15(23-16)20-8-4-5-9-20/h4-5,8-9,12-13H,3,6-7,10-11H2,1-2H3,(H,17,22)/t12-,13-/m1/s1. The van der Waals surface area contributed by atoms with E-state index < -0.39 is 0 Å². The molecule has 1 N–H and O–H groups in total. The molecule has 2 aromatic rings. The van der Waals surface area contributed by atoms with E-state index in [1.54, 1.807) is 11.3 Å². The highest BCUT2D eigenvalue weighted by atomic mass is 32.1. The molecule has 7 heteroatoms. The van der Waals surface area contributed by atoms with Crippen LogP contribution < -0.4 is 10.2 Å². The van der Waals surface area contributed by atoms with E-state index in [2.05, 4.69) is 27.3 Å². The maximum absolute atomic E-state index is 12.4. The van der Waals surface area contributed by atoms with Crippen LogP contribution in [0.5, 0.6) is 0 Å². The minimum atomic E-state index is 0.0386. The summed E-state index contributed by atoms with van der Waals surface area (Å²) in [5.74, 6) is 0.205. The molecule has 124 valence electrons. The molecule has 0 saturated carbocycles. The number of hydrogen-bond acceptors (Lipinski definition) is 5. The van der Waals surface area contributed by atoms with Crippen molar-refractivity contribution in [3.63, 3.8) is 0 Å².